The highest BCUT2D eigenvalue weighted by Gasteiger charge is 2.26. The van der Waals surface area contributed by atoms with Crippen LogP contribution in [0.25, 0.3) is 33.3 Å². The maximum absolute atomic E-state index is 12.0. The van der Waals surface area contributed by atoms with Gasteiger partial charge in [0.25, 0.3) is 0 Å². The first-order valence-corrected chi connectivity index (χ1v) is 8.82. The molecule has 1 heterocycles. The fraction of sp³-hybridized carbons (Fsp3) is 0.100. The van der Waals surface area contributed by atoms with E-state index in [2.05, 4.69) is 30.5 Å². The zero-order valence-corrected chi connectivity index (χ0v) is 16.0. The minimum atomic E-state index is -0.993. The lowest BCUT2D eigenvalue weighted by Gasteiger charge is -2.05. The Morgan fingerprint density at radius 2 is 1.73 bits per heavy atom. The second-order valence-electron chi connectivity index (χ2n) is 6.28. The summed E-state index contributed by atoms with van der Waals surface area (Å²) in [4.78, 5) is 23.0. The Morgan fingerprint density at radius 3 is 2.43 bits per heavy atom. The number of methoxy groups -OCH3 is 2. The number of carbonyl (C=O) groups is 2. The summed E-state index contributed by atoms with van der Waals surface area (Å²) in [5.74, 6) is 0.706. The van der Waals surface area contributed by atoms with E-state index in [1.807, 2.05) is 30.3 Å². The van der Waals surface area contributed by atoms with Crippen molar-refractivity contribution in [3.8, 4) is 34.0 Å². The Morgan fingerprint density at radius 1 is 1.00 bits per heavy atom. The van der Waals surface area contributed by atoms with Gasteiger partial charge in [-0.2, -0.15) is 0 Å². The molecule has 0 aromatic heterocycles. The quantitative estimate of drug-likeness (QED) is 0.363. The number of nitrogens with one attached hydrogen (secondary N) is 3. The van der Waals surface area contributed by atoms with Crippen LogP contribution in [-0.4, -0.2) is 41.6 Å². The van der Waals surface area contributed by atoms with E-state index in [0.717, 1.165) is 12.7 Å². The van der Waals surface area contributed by atoms with E-state index in [9.17, 15) is 14.7 Å². The van der Waals surface area contributed by atoms with Gasteiger partial charge in [0.2, 0.25) is 0 Å². The molecule has 152 valence electrons. The highest BCUT2D eigenvalue weighted by Crippen LogP contribution is 2.49. The molecule has 0 fully saturated rings. The van der Waals surface area contributed by atoms with Crippen LogP contribution in [0, 0.1) is 0 Å². The number of aromatic amines is 2. The molecule has 10 nitrogen and oxygen atoms in total. The van der Waals surface area contributed by atoms with Crippen molar-refractivity contribution in [2.75, 3.05) is 19.5 Å². The molecular weight excluding hydrogens is 390 g/mol. The molecular formula is C20H17N5O5. The van der Waals surface area contributed by atoms with Crippen molar-refractivity contribution in [2.45, 2.75) is 0 Å². The summed E-state index contributed by atoms with van der Waals surface area (Å²) in [7, 11) is 2.72. The standard InChI is InChI=1S/C20H17N5O5/c1-29-11-8-6-10(7-9-11)16-15-17(23-22-16)12-4-3-5-13(14(12)18(15)26)21-19(27)24-25-20(28)30-2/h3-9,22-23,26H,1-2H3,(H,21,27)/b25-24+. The first-order chi connectivity index (χ1) is 14.5. The van der Waals surface area contributed by atoms with Crippen LogP contribution in [0.2, 0.25) is 0 Å². The van der Waals surface area contributed by atoms with Crippen LogP contribution < -0.4 is 10.1 Å². The van der Waals surface area contributed by atoms with Crippen LogP contribution >= 0.6 is 0 Å². The summed E-state index contributed by atoms with van der Waals surface area (Å²) in [6.07, 6.45) is -0.993. The third kappa shape index (κ3) is 3.20. The van der Waals surface area contributed by atoms with E-state index in [4.69, 9.17) is 4.74 Å². The number of rotatable bonds is 3. The number of benzene rings is 2. The molecule has 2 aromatic rings. The van der Waals surface area contributed by atoms with E-state index in [1.165, 1.54) is 0 Å². The van der Waals surface area contributed by atoms with Gasteiger partial charge in [-0.1, -0.05) is 22.4 Å². The lowest BCUT2D eigenvalue weighted by Crippen LogP contribution is -2.06. The molecule has 0 unspecified atom stereocenters. The van der Waals surface area contributed by atoms with Crippen LogP contribution in [-0.2, 0) is 4.74 Å². The number of urea groups is 1. The number of azo groups is 1. The summed E-state index contributed by atoms with van der Waals surface area (Å²) in [5, 5.41) is 27.1. The molecule has 2 aromatic carbocycles. The summed E-state index contributed by atoms with van der Waals surface area (Å²) >= 11 is 0. The molecule has 0 saturated heterocycles. The van der Waals surface area contributed by atoms with Gasteiger partial charge in [0.15, 0.2) is 0 Å². The molecule has 0 saturated carbocycles. The van der Waals surface area contributed by atoms with E-state index < -0.39 is 12.1 Å². The maximum atomic E-state index is 12.0. The molecule has 10 heteroatoms. The summed E-state index contributed by atoms with van der Waals surface area (Å²) < 4.78 is 9.49. The third-order valence-corrected chi connectivity index (χ3v) is 4.64. The van der Waals surface area contributed by atoms with Gasteiger partial charge < -0.3 is 19.9 Å². The Balaban J connectivity index is 1.77. The Kier molecular flexibility index (Phi) is 4.80. The topological polar surface area (TPSA) is 141 Å². The Bertz CT molecular complexity index is 1240. The zero-order chi connectivity index (χ0) is 21.3. The molecule has 1 aliphatic carbocycles. The predicted octanol–water partition coefficient (Wildman–Crippen LogP) is 4.73. The number of amides is 3. The van der Waals surface area contributed by atoms with Crippen molar-refractivity contribution in [1.29, 1.82) is 0 Å². The monoisotopic (exact) mass is 407 g/mol. The SMILES string of the molecule is COC(=O)/N=N/C(=O)Nc1cccc2c3[nH][nH]c(-c4ccc(OC)cc4)c-3c(O)c12. The van der Waals surface area contributed by atoms with Gasteiger partial charge in [0, 0.05) is 10.9 Å². The number of anilines is 1. The number of aromatic nitrogens is 2. The van der Waals surface area contributed by atoms with E-state index in [1.54, 1.807) is 19.2 Å². The number of aromatic hydroxyl groups is 1. The average molecular weight is 407 g/mol. The second kappa shape index (κ2) is 7.59. The number of ether oxygens (including phenoxy) is 2. The predicted molar refractivity (Wildman–Crippen MR) is 109 cm³/mol. The van der Waals surface area contributed by atoms with Gasteiger partial charge in [0.05, 0.1) is 42.2 Å². The van der Waals surface area contributed by atoms with Crippen molar-refractivity contribution in [2.24, 2.45) is 10.2 Å². The van der Waals surface area contributed by atoms with Crippen LogP contribution in [0.1, 0.15) is 0 Å². The summed E-state index contributed by atoms with van der Waals surface area (Å²) in [6.45, 7) is 0. The number of hydrogen-bond donors (Lipinski definition) is 4. The van der Waals surface area contributed by atoms with Crippen molar-refractivity contribution >= 4 is 28.6 Å². The number of fused-ring (bicyclic) bond motifs is 3. The highest BCUT2D eigenvalue weighted by atomic mass is 16.5. The number of carbonyl (C=O) groups excluding carboxylic acids is 2. The molecule has 0 radical (unpaired) electrons. The van der Waals surface area contributed by atoms with Gasteiger partial charge in [-0.3, -0.25) is 10.2 Å². The molecule has 0 bridgehead atoms. The van der Waals surface area contributed by atoms with Crippen molar-refractivity contribution < 1.29 is 24.2 Å². The molecule has 3 amide bonds. The van der Waals surface area contributed by atoms with Crippen LogP contribution in [0.5, 0.6) is 11.5 Å². The molecule has 4 N–H and O–H groups in total. The van der Waals surface area contributed by atoms with Gasteiger partial charge in [-0.25, -0.2) is 9.59 Å². The molecule has 30 heavy (non-hydrogen) atoms. The number of hydrogen-bond acceptors (Lipinski definition) is 5. The van der Waals surface area contributed by atoms with Gasteiger partial charge in [-0.15, -0.1) is 0 Å². The fourth-order valence-electron chi connectivity index (χ4n) is 3.30. The van der Waals surface area contributed by atoms with E-state index >= 15 is 0 Å². The second-order valence-corrected chi connectivity index (χ2v) is 6.28. The van der Waals surface area contributed by atoms with Gasteiger partial charge in [-0.05, 0) is 30.3 Å². The van der Waals surface area contributed by atoms with Crippen molar-refractivity contribution in [3.63, 3.8) is 0 Å². The summed E-state index contributed by atoms with van der Waals surface area (Å²) in [5.41, 5.74) is 3.10. The van der Waals surface area contributed by atoms with Crippen LogP contribution in [0.15, 0.2) is 52.7 Å². The number of H-pyrrole nitrogens is 2. The van der Waals surface area contributed by atoms with Crippen LogP contribution in [0.4, 0.5) is 15.3 Å². The first kappa shape index (κ1) is 19.0. The molecule has 0 spiro atoms. The Labute approximate surface area is 169 Å². The first-order valence-electron chi connectivity index (χ1n) is 8.82. The third-order valence-electron chi connectivity index (χ3n) is 4.64. The largest absolute Gasteiger partial charge is 0.506 e. The van der Waals surface area contributed by atoms with E-state index in [-0.39, 0.29) is 5.75 Å². The average Bonchev–Trinajstić information content (AvgIpc) is 3.32. The fourth-order valence-corrected chi connectivity index (χ4v) is 3.30. The smallest absolute Gasteiger partial charge is 0.452 e. The maximum Gasteiger partial charge on any atom is 0.452 e. The van der Waals surface area contributed by atoms with Crippen molar-refractivity contribution in [1.82, 2.24) is 10.2 Å². The van der Waals surface area contributed by atoms with E-state index in [0.29, 0.717) is 39.2 Å². The molecule has 2 aliphatic rings. The summed E-state index contributed by atoms with van der Waals surface area (Å²) in [6, 6.07) is 11.6. The van der Waals surface area contributed by atoms with Gasteiger partial charge in [0.1, 0.15) is 11.5 Å². The lowest BCUT2D eigenvalue weighted by molar-refractivity contribution is 0.180. The lowest BCUT2D eigenvalue weighted by atomic mass is 10.1. The molecule has 1 aliphatic heterocycles. The van der Waals surface area contributed by atoms with Crippen LogP contribution in [0.3, 0.4) is 0 Å². The highest BCUT2D eigenvalue weighted by molar-refractivity contribution is 6.16. The van der Waals surface area contributed by atoms with Gasteiger partial charge >= 0.3 is 12.1 Å². The number of nitrogens with zero attached hydrogens (tertiary/aromatic N) is 2. The normalized spacial score (nSPS) is 11.3. The Hall–Kier alpha value is -4.34. The minimum absolute atomic E-state index is 0.0101. The molecule has 0 atom stereocenters. The molecule has 4 rings (SSSR count). The minimum Gasteiger partial charge on any atom is -0.506 e. The van der Waals surface area contributed by atoms with Crippen molar-refractivity contribution in [3.05, 3.63) is 42.5 Å². The zero-order valence-electron chi connectivity index (χ0n) is 16.0.